The fourth-order valence-corrected chi connectivity index (χ4v) is 4.62. The molecule has 1 aromatic carbocycles. The van der Waals surface area contributed by atoms with Crippen molar-refractivity contribution in [2.24, 2.45) is 0 Å². The standard InChI is InChI=1S/C27H26F2N8O.C2H6/c1-16(2)37-23-12-17(11-21(28)20(23)10-18(13-30)26(37)38)25-22(29)15-33-27(35-25)34-24-5-4-19(14-32-24)36-8-3-6-31-7-9-36;1-2/h4-5,10-12,14-16,31H,3,6-9H2,1-2H3,(H,32,33,34,35);1-2H3. The third-order valence-electron chi connectivity index (χ3n) is 6.45. The summed E-state index contributed by atoms with van der Waals surface area (Å²) in [6, 6.07) is 9.06. The lowest BCUT2D eigenvalue weighted by molar-refractivity contribution is 0.594. The van der Waals surface area contributed by atoms with Crippen molar-refractivity contribution in [1.82, 2.24) is 24.8 Å². The average Bonchev–Trinajstić information content (AvgIpc) is 3.25. The summed E-state index contributed by atoms with van der Waals surface area (Å²) >= 11 is 0. The minimum atomic E-state index is -0.750. The molecule has 5 rings (SSSR count). The second-order valence-corrected chi connectivity index (χ2v) is 9.34. The molecule has 4 aromatic rings. The van der Waals surface area contributed by atoms with Crippen LogP contribution in [0.25, 0.3) is 22.2 Å². The summed E-state index contributed by atoms with van der Waals surface area (Å²) in [4.78, 5) is 27.8. The maximum atomic E-state index is 15.2. The summed E-state index contributed by atoms with van der Waals surface area (Å²) in [6.07, 6.45) is 3.81. The predicted molar refractivity (Wildman–Crippen MR) is 153 cm³/mol. The van der Waals surface area contributed by atoms with E-state index in [0.717, 1.165) is 50.6 Å². The van der Waals surface area contributed by atoms with Crippen LogP contribution >= 0.6 is 0 Å². The van der Waals surface area contributed by atoms with E-state index in [1.165, 1.54) is 16.7 Å². The number of aromatic nitrogens is 4. The zero-order valence-corrected chi connectivity index (χ0v) is 23.0. The molecule has 0 bridgehead atoms. The number of pyridine rings is 2. The monoisotopic (exact) mass is 546 g/mol. The minimum Gasteiger partial charge on any atom is -0.369 e. The highest BCUT2D eigenvalue weighted by molar-refractivity contribution is 5.86. The first-order valence-electron chi connectivity index (χ1n) is 13.4. The lowest BCUT2D eigenvalue weighted by Crippen LogP contribution is -2.27. The van der Waals surface area contributed by atoms with E-state index in [2.05, 4.69) is 30.5 Å². The summed E-state index contributed by atoms with van der Waals surface area (Å²) in [5.41, 5.74) is 0.542. The third kappa shape index (κ3) is 5.92. The molecule has 0 saturated carbocycles. The molecule has 4 heterocycles. The van der Waals surface area contributed by atoms with Crippen molar-refractivity contribution in [3.05, 3.63) is 70.3 Å². The predicted octanol–water partition coefficient (Wildman–Crippen LogP) is 5.15. The van der Waals surface area contributed by atoms with Gasteiger partial charge in [0.1, 0.15) is 29.0 Å². The van der Waals surface area contributed by atoms with Crippen LogP contribution < -0.4 is 21.1 Å². The molecule has 1 saturated heterocycles. The van der Waals surface area contributed by atoms with Gasteiger partial charge >= 0.3 is 0 Å². The minimum absolute atomic E-state index is 0.0854. The van der Waals surface area contributed by atoms with Crippen molar-refractivity contribution in [1.29, 1.82) is 5.26 Å². The van der Waals surface area contributed by atoms with Crippen LogP contribution in [0.4, 0.5) is 26.2 Å². The number of hydrogen-bond donors (Lipinski definition) is 2. The van der Waals surface area contributed by atoms with Gasteiger partial charge in [-0.25, -0.2) is 23.7 Å². The second kappa shape index (κ2) is 12.6. The van der Waals surface area contributed by atoms with Gasteiger partial charge in [-0.05, 0) is 57.1 Å². The van der Waals surface area contributed by atoms with Gasteiger partial charge in [0.15, 0.2) is 5.82 Å². The van der Waals surface area contributed by atoms with Crippen LogP contribution in [0.2, 0.25) is 0 Å². The van der Waals surface area contributed by atoms with Crippen LogP contribution in [0.15, 0.2) is 47.5 Å². The third-order valence-corrected chi connectivity index (χ3v) is 6.45. The van der Waals surface area contributed by atoms with E-state index in [1.807, 2.05) is 26.0 Å². The van der Waals surface area contributed by atoms with Gasteiger partial charge in [0.25, 0.3) is 5.56 Å². The topological polar surface area (TPSA) is 112 Å². The Hall–Kier alpha value is -4.43. The summed E-state index contributed by atoms with van der Waals surface area (Å²) in [6.45, 7) is 11.2. The number of halogens is 2. The van der Waals surface area contributed by atoms with Crippen molar-refractivity contribution in [2.45, 2.75) is 40.2 Å². The van der Waals surface area contributed by atoms with Crippen molar-refractivity contribution in [3.8, 4) is 17.3 Å². The summed E-state index contributed by atoms with van der Waals surface area (Å²) in [5.74, 6) is -0.889. The van der Waals surface area contributed by atoms with E-state index in [9.17, 15) is 14.4 Å². The quantitative estimate of drug-likeness (QED) is 0.353. The molecule has 1 aliphatic heterocycles. The Labute approximate surface area is 231 Å². The molecule has 3 aromatic heterocycles. The van der Waals surface area contributed by atoms with Gasteiger partial charge in [-0.3, -0.25) is 4.79 Å². The second-order valence-electron chi connectivity index (χ2n) is 9.34. The zero-order valence-electron chi connectivity index (χ0n) is 23.0. The number of nitriles is 1. The van der Waals surface area contributed by atoms with Crippen LogP contribution in [0, 0.1) is 23.0 Å². The Balaban J connectivity index is 0.00000181. The Kier molecular flexibility index (Phi) is 9.01. The largest absolute Gasteiger partial charge is 0.369 e. The van der Waals surface area contributed by atoms with E-state index in [1.54, 1.807) is 26.1 Å². The van der Waals surface area contributed by atoms with Crippen molar-refractivity contribution in [3.63, 3.8) is 0 Å². The summed E-state index contributed by atoms with van der Waals surface area (Å²) in [7, 11) is 0. The van der Waals surface area contributed by atoms with Gasteiger partial charge in [0.05, 0.1) is 23.6 Å². The first-order valence-corrected chi connectivity index (χ1v) is 13.4. The van der Waals surface area contributed by atoms with E-state index < -0.39 is 17.2 Å². The molecule has 0 amide bonds. The van der Waals surface area contributed by atoms with E-state index in [4.69, 9.17) is 0 Å². The van der Waals surface area contributed by atoms with Crippen molar-refractivity contribution >= 4 is 28.4 Å². The Bertz CT molecular complexity index is 1590. The SMILES string of the molecule is CC.CC(C)n1c(=O)c(C#N)cc2c(F)cc(-c3nc(Nc4ccc(N5CCCNCC5)cn4)ncc3F)cc21. The van der Waals surface area contributed by atoms with Crippen LogP contribution in [-0.2, 0) is 0 Å². The van der Waals surface area contributed by atoms with E-state index in [0.29, 0.717) is 5.82 Å². The van der Waals surface area contributed by atoms with Gasteiger partial charge in [-0.2, -0.15) is 5.26 Å². The highest BCUT2D eigenvalue weighted by Crippen LogP contribution is 2.29. The highest BCUT2D eigenvalue weighted by Gasteiger charge is 2.19. The van der Waals surface area contributed by atoms with Gasteiger partial charge in [0.2, 0.25) is 5.95 Å². The van der Waals surface area contributed by atoms with Crippen LogP contribution in [0.5, 0.6) is 0 Å². The van der Waals surface area contributed by atoms with Crippen LogP contribution in [0.1, 0.15) is 45.7 Å². The first-order chi connectivity index (χ1) is 19.4. The number of rotatable bonds is 5. The first kappa shape index (κ1) is 28.6. The lowest BCUT2D eigenvalue weighted by Gasteiger charge is -2.21. The molecule has 11 heteroatoms. The molecule has 40 heavy (non-hydrogen) atoms. The number of fused-ring (bicyclic) bond motifs is 1. The lowest BCUT2D eigenvalue weighted by atomic mass is 10.0. The zero-order chi connectivity index (χ0) is 28.8. The van der Waals surface area contributed by atoms with Gasteiger partial charge in [0, 0.05) is 36.6 Å². The van der Waals surface area contributed by atoms with Crippen LogP contribution in [-0.4, -0.2) is 45.7 Å². The fourth-order valence-electron chi connectivity index (χ4n) is 4.62. The highest BCUT2D eigenvalue weighted by atomic mass is 19.1. The molecule has 0 radical (unpaired) electrons. The molecule has 1 fully saturated rings. The molecule has 2 N–H and O–H groups in total. The van der Waals surface area contributed by atoms with Crippen molar-refractivity contribution < 1.29 is 8.78 Å². The number of benzene rings is 1. The van der Waals surface area contributed by atoms with Gasteiger partial charge < -0.3 is 20.1 Å². The molecular formula is C29H32F2N8O. The Morgan fingerprint density at radius 3 is 2.55 bits per heavy atom. The number of nitrogens with zero attached hydrogens (tertiary/aromatic N) is 6. The maximum Gasteiger partial charge on any atom is 0.269 e. The molecule has 208 valence electrons. The fraction of sp³-hybridized carbons (Fsp3) is 0.345. The molecule has 0 aliphatic carbocycles. The molecule has 0 spiro atoms. The Morgan fingerprint density at radius 1 is 1.05 bits per heavy atom. The average molecular weight is 547 g/mol. The van der Waals surface area contributed by atoms with Crippen LogP contribution in [0.3, 0.4) is 0 Å². The molecule has 0 unspecified atom stereocenters. The summed E-state index contributed by atoms with van der Waals surface area (Å²) in [5, 5.41) is 15.8. The molecule has 1 aliphatic rings. The van der Waals surface area contributed by atoms with Crippen molar-refractivity contribution in [2.75, 3.05) is 36.4 Å². The van der Waals surface area contributed by atoms with E-state index >= 15 is 4.39 Å². The summed E-state index contributed by atoms with van der Waals surface area (Å²) < 4.78 is 31.4. The maximum absolute atomic E-state index is 15.2. The molecular weight excluding hydrogens is 514 g/mol. The number of anilines is 3. The van der Waals surface area contributed by atoms with E-state index in [-0.39, 0.29) is 39.7 Å². The van der Waals surface area contributed by atoms with Gasteiger partial charge in [-0.1, -0.05) is 13.8 Å². The normalized spacial score (nSPS) is 13.4. The smallest absolute Gasteiger partial charge is 0.269 e. The molecule has 0 atom stereocenters. The molecule has 9 nitrogen and oxygen atoms in total. The number of hydrogen-bond acceptors (Lipinski definition) is 8. The van der Waals surface area contributed by atoms with Gasteiger partial charge in [-0.15, -0.1) is 0 Å². The Morgan fingerprint density at radius 2 is 1.85 bits per heavy atom. The number of nitrogens with one attached hydrogen (secondary N) is 2.